The van der Waals surface area contributed by atoms with Crippen molar-refractivity contribution in [3.8, 4) is 0 Å². The number of amides is 1. The van der Waals surface area contributed by atoms with Crippen molar-refractivity contribution in [2.24, 2.45) is 5.92 Å². The van der Waals surface area contributed by atoms with Gasteiger partial charge in [-0.15, -0.1) is 0 Å². The van der Waals surface area contributed by atoms with Crippen molar-refractivity contribution in [1.29, 1.82) is 0 Å². The second-order valence-corrected chi connectivity index (χ2v) is 10.7. The molecule has 1 amide bonds. The van der Waals surface area contributed by atoms with Crippen molar-refractivity contribution in [2.75, 3.05) is 24.6 Å². The minimum absolute atomic E-state index is 0.0250. The summed E-state index contributed by atoms with van der Waals surface area (Å²) in [6, 6.07) is 2.58. The van der Waals surface area contributed by atoms with Crippen molar-refractivity contribution in [1.82, 2.24) is 19.5 Å². The number of hydrogen-bond acceptors (Lipinski definition) is 5. The lowest BCUT2D eigenvalue weighted by molar-refractivity contribution is -0.142. The van der Waals surface area contributed by atoms with Crippen LogP contribution < -0.4 is 0 Å². The van der Waals surface area contributed by atoms with Gasteiger partial charge in [-0.2, -0.15) is 18.3 Å². The Morgan fingerprint density at radius 2 is 1.97 bits per heavy atom. The van der Waals surface area contributed by atoms with Gasteiger partial charge in [-0.25, -0.2) is 17.9 Å². The number of fused-ring (bicyclic) bond motifs is 1. The molecule has 11 heteroatoms. The minimum Gasteiger partial charge on any atom is -0.342 e. The van der Waals surface area contributed by atoms with Gasteiger partial charge in [0.25, 0.3) is 0 Å². The van der Waals surface area contributed by atoms with Gasteiger partial charge in [-0.1, -0.05) is 13.8 Å². The fourth-order valence-electron chi connectivity index (χ4n) is 4.16. The Hall–Kier alpha value is -2.17. The summed E-state index contributed by atoms with van der Waals surface area (Å²) in [7, 11) is -3.16. The Morgan fingerprint density at radius 3 is 2.57 bits per heavy atom. The number of aromatic nitrogens is 3. The van der Waals surface area contributed by atoms with E-state index in [4.69, 9.17) is 0 Å². The molecular formula is C19H23F3N4O3S. The van der Waals surface area contributed by atoms with Gasteiger partial charge in [0.1, 0.15) is 5.69 Å². The third-order valence-electron chi connectivity index (χ3n) is 5.85. The zero-order valence-corrected chi connectivity index (χ0v) is 17.5. The molecule has 2 aliphatic rings. The van der Waals surface area contributed by atoms with E-state index >= 15 is 0 Å². The fourth-order valence-corrected chi connectivity index (χ4v) is 5.89. The monoisotopic (exact) mass is 444 g/mol. The minimum atomic E-state index is -4.57. The summed E-state index contributed by atoms with van der Waals surface area (Å²) in [5.41, 5.74) is 0.0647. The zero-order valence-electron chi connectivity index (χ0n) is 16.7. The molecule has 4 heterocycles. The van der Waals surface area contributed by atoms with Gasteiger partial charge in [0.2, 0.25) is 5.91 Å². The largest absolute Gasteiger partial charge is 0.433 e. The molecule has 0 radical (unpaired) electrons. The van der Waals surface area contributed by atoms with Crippen LogP contribution in [0.4, 0.5) is 13.2 Å². The molecule has 0 spiro atoms. The summed E-state index contributed by atoms with van der Waals surface area (Å²) in [6.07, 6.45) is -3.68. The summed E-state index contributed by atoms with van der Waals surface area (Å²) in [4.78, 5) is 18.6. The Bertz CT molecular complexity index is 1090. The summed E-state index contributed by atoms with van der Waals surface area (Å²) in [6.45, 7) is 4.31. The first-order valence-corrected chi connectivity index (χ1v) is 11.7. The van der Waals surface area contributed by atoms with Crippen molar-refractivity contribution in [2.45, 2.75) is 44.7 Å². The van der Waals surface area contributed by atoms with E-state index in [0.717, 1.165) is 10.6 Å². The van der Waals surface area contributed by atoms with Gasteiger partial charge < -0.3 is 4.90 Å². The van der Waals surface area contributed by atoms with Crippen LogP contribution in [0.5, 0.6) is 0 Å². The molecule has 0 aliphatic carbocycles. The van der Waals surface area contributed by atoms with E-state index in [1.807, 2.05) is 0 Å². The second kappa shape index (κ2) is 7.21. The number of alkyl halides is 3. The van der Waals surface area contributed by atoms with Crippen LogP contribution >= 0.6 is 0 Å². The smallest absolute Gasteiger partial charge is 0.342 e. The molecule has 164 valence electrons. The van der Waals surface area contributed by atoms with E-state index in [2.05, 4.69) is 10.1 Å². The lowest BCUT2D eigenvalue weighted by Crippen LogP contribution is -2.34. The van der Waals surface area contributed by atoms with Gasteiger partial charge in [0.05, 0.1) is 23.1 Å². The maximum atomic E-state index is 13.6. The maximum Gasteiger partial charge on any atom is 0.433 e. The molecule has 2 aromatic heterocycles. The lowest BCUT2D eigenvalue weighted by Gasteiger charge is -2.19. The van der Waals surface area contributed by atoms with Crippen LogP contribution in [0, 0.1) is 5.92 Å². The van der Waals surface area contributed by atoms with Crippen molar-refractivity contribution in [3.05, 3.63) is 29.2 Å². The highest BCUT2D eigenvalue weighted by Gasteiger charge is 2.39. The summed E-state index contributed by atoms with van der Waals surface area (Å²) < 4.78 is 64.8. The van der Waals surface area contributed by atoms with E-state index in [1.54, 1.807) is 24.8 Å². The molecule has 2 fully saturated rings. The topological polar surface area (TPSA) is 84.6 Å². The number of carbonyl (C=O) groups excluding carboxylic acids is 1. The van der Waals surface area contributed by atoms with Crippen LogP contribution in [0.2, 0.25) is 0 Å². The molecule has 30 heavy (non-hydrogen) atoms. The maximum absolute atomic E-state index is 13.6. The second-order valence-electron chi connectivity index (χ2n) is 8.43. The summed E-state index contributed by atoms with van der Waals surface area (Å²) >= 11 is 0. The van der Waals surface area contributed by atoms with Crippen LogP contribution in [0.15, 0.2) is 12.1 Å². The molecule has 7 nitrogen and oxygen atoms in total. The highest BCUT2D eigenvalue weighted by molar-refractivity contribution is 7.91. The Balaban J connectivity index is 1.59. The van der Waals surface area contributed by atoms with E-state index in [0.29, 0.717) is 37.3 Å². The van der Waals surface area contributed by atoms with Crippen molar-refractivity contribution < 1.29 is 26.4 Å². The van der Waals surface area contributed by atoms with Gasteiger partial charge in [-0.05, 0) is 24.8 Å². The van der Waals surface area contributed by atoms with Crippen molar-refractivity contribution >= 4 is 21.4 Å². The molecule has 2 atom stereocenters. The number of carbonyl (C=O) groups is 1. The summed E-state index contributed by atoms with van der Waals surface area (Å²) in [5.74, 6) is -1.20. The van der Waals surface area contributed by atoms with E-state index in [-0.39, 0.29) is 34.9 Å². The Morgan fingerprint density at radius 1 is 1.23 bits per heavy atom. The van der Waals surface area contributed by atoms with Gasteiger partial charge in [-0.3, -0.25) is 4.79 Å². The Labute approximate surface area is 172 Å². The molecule has 0 N–H and O–H groups in total. The molecule has 0 saturated carbocycles. The van der Waals surface area contributed by atoms with E-state index in [9.17, 15) is 26.4 Å². The standard InChI is InChI=1S/C19H23F3N4O3S/c1-11(2)14-7-16(19(20,21)22)26-17(23-14)8-15(24-26)12-3-5-25(9-12)18(27)13-4-6-30(28,29)10-13/h7-8,11-13H,3-6,9-10H2,1-2H3/t12-,13-/m1/s1. The van der Waals surface area contributed by atoms with Gasteiger partial charge in [0.15, 0.2) is 15.5 Å². The third kappa shape index (κ3) is 3.91. The molecular weight excluding hydrogens is 421 g/mol. The number of likely N-dealkylation sites (tertiary alicyclic amines) is 1. The van der Waals surface area contributed by atoms with E-state index in [1.165, 1.54) is 0 Å². The average molecular weight is 444 g/mol. The number of halogens is 3. The van der Waals surface area contributed by atoms with Gasteiger partial charge in [0, 0.05) is 30.8 Å². The quantitative estimate of drug-likeness (QED) is 0.727. The predicted molar refractivity (Wildman–Crippen MR) is 103 cm³/mol. The molecule has 0 unspecified atom stereocenters. The first kappa shape index (κ1) is 21.1. The first-order chi connectivity index (χ1) is 13.9. The molecule has 0 aromatic carbocycles. The van der Waals surface area contributed by atoms with Crippen LogP contribution in [-0.2, 0) is 20.8 Å². The normalized spacial score (nSPS) is 24.3. The summed E-state index contributed by atoms with van der Waals surface area (Å²) in [5, 5.41) is 4.18. The number of rotatable bonds is 3. The third-order valence-corrected chi connectivity index (χ3v) is 7.62. The van der Waals surface area contributed by atoms with Crippen LogP contribution in [0.25, 0.3) is 5.65 Å². The molecule has 4 rings (SSSR count). The lowest BCUT2D eigenvalue weighted by atomic mass is 10.1. The number of hydrogen-bond donors (Lipinski definition) is 0. The molecule has 2 saturated heterocycles. The van der Waals surface area contributed by atoms with E-state index < -0.39 is 27.6 Å². The van der Waals surface area contributed by atoms with Crippen LogP contribution in [-0.4, -0.2) is 58.4 Å². The molecule has 2 aromatic rings. The highest BCUT2D eigenvalue weighted by Crippen LogP contribution is 2.34. The predicted octanol–water partition coefficient (Wildman–Crippen LogP) is 2.62. The average Bonchev–Trinajstić information content (AvgIpc) is 3.36. The molecule has 2 aliphatic heterocycles. The van der Waals surface area contributed by atoms with Crippen LogP contribution in [0.3, 0.4) is 0 Å². The Kier molecular flexibility index (Phi) is 5.06. The number of nitrogens with zero attached hydrogens (tertiary/aromatic N) is 4. The first-order valence-electron chi connectivity index (χ1n) is 9.91. The number of sulfone groups is 1. The SMILES string of the molecule is CC(C)c1cc(C(F)(F)F)n2nc([C@@H]3CCN(C(=O)[C@@H]4CCS(=O)(=O)C4)C3)cc2n1. The molecule has 0 bridgehead atoms. The van der Waals surface area contributed by atoms with Crippen LogP contribution in [0.1, 0.15) is 55.6 Å². The van der Waals surface area contributed by atoms with Crippen molar-refractivity contribution in [3.63, 3.8) is 0 Å². The fraction of sp³-hybridized carbons (Fsp3) is 0.632. The van der Waals surface area contributed by atoms with Gasteiger partial charge >= 0.3 is 6.18 Å². The highest BCUT2D eigenvalue weighted by atomic mass is 32.2. The zero-order chi connectivity index (χ0) is 21.8.